The fourth-order valence-corrected chi connectivity index (χ4v) is 3.29. The molecule has 2 rings (SSSR count). The van der Waals surface area contributed by atoms with Crippen LogP contribution in [-0.2, 0) is 6.42 Å². The summed E-state index contributed by atoms with van der Waals surface area (Å²) < 4.78 is 0. The maximum atomic E-state index is 9.31. The number of piperidine rings is 1. The third kappa shape index (κ3) is 3.97. The van der Waals surface area contributed by atoms with Crippen molar-refractivity contribution in [3.05, 3.63) is 29.8 Å². The van der Waals surface area contributed by atoms with Gasteiger partial charge >= 0.3 is 0 Å². The normalized spacial score (nSPS) is 25.6. The van der Waals surface area contributed by atoms with Crippen molar-refractivity contribution in [2.45, 2.75) is 51.6 Å². The fraction of sp³-hybridized carbons (Fsp3) is 0.647. The summed E-state index contributed by atoms with van der Waals surface area (Å²) in [5.74, 6) is 1.15. The van der Waals surface area contributed by atoms with E-state index in [9.17, 15) is 5.11 Å². The minimum Gasteiger partial charge on any atom is -0.508 e. The van der Waals surface area contributed by atoms with Crippen LogP contribution < -0.4 is 5.73 Å². The average Bonchev–Trinajstić information content (AvgIpc) is 2.46. The lowest BCUT2D eigenvalue weighted by Gasteiger charge is -2.41. The maximum absolute atomic E-state index is 9.31. The van der Waals surface area contributed by atoms with E-state index < -0.39 is 0 Å². The Morgan fingerprint density at radius 3 is 2.70 bits per heavy atom. The van der Waals surface area contributed by atoms with E-state index in [-0.39, 0.29) is 0 Å². The molecule has 3 nitrogen and oxygen atoms in total. The molecule has 1 aromatic rings. The molecule has 0 amide bonds. The number of rotatable bonds is 5. The zero-order chi connectivity index (χ0) is 14.5. The van der Waals surface area contributed by atoms with Crippen molar-refractivity contribution in [1.82, 2.24) is 4.90 Å². The molecule has 1 heterocycles. The number of benzene rings is 1. The van der Waals surface area contributed by atoms with E-state index in [1.165, 1.54) is 24.9 Å². The van der Waals surface area contributed by atoms with Gasteiger partial charge in [-0.25, -0.2) is 0 Å². The van der Waals surface area contributed by atoms with Crippen molar-refractivity contribution in [1.29, 1.82) is 0 Å². The topological polar surface area (TPSA) is 49.5 Å². The Morgan fingerprint density at radius 2 is 2.05 bits per heavy atom. The molecular weight excluding hydrogens is 248 g/mol. The summed E-state index contributed by atoms with van der Waals surface area (Å²) in [6, 6.07) is 8.69. The van der Waals surface area contributed by atoms with Gasteiger partial charge in [0, 0.05) is 18.6 Å². The van der Waals surface area contributed by atoms with Gasteiger partial charge in [-0.3, -0.25) is 4.90 Å². The molecule has 1 saturated heterocycles. The second kappa shape index (κ2) is 7.09. The Bertz CT molecular complexity index is 404. The number of phenols is 1. The summed E-state index contributed by atoms with van der Waals surface area (Å²) in [4.78, 5) is 2.60. The van der Waals surface area contributed by atoms with Gasteiger partial charge in [0.2, 0.25) is 0 Å². The van der Waals surface area contributed by atoms with Crippen LogP contribution in [0.1, 0.15) is 38.7 Å². The molecule has 3 N–H and O–H groups in total. The van der Waals surface area contributed by atoms with Crippen LogP contribution in [-0.4, -0.2) is 35.2 Å². The van der Waals surface area contributed by atoms with Crippen molar-refractivity contribution >= 4 is 0 Å². The van der Waals surface area contributed by atoms with Gasteiger partial charge in [-0.1, -0.05) is 19.1 Å². The molecule has 3 unspecified atom stereocenters. The quantitative estimate of drug-likeness (QED) is 0.869. The summed E-state index contributed by atoms with van der Waals surface area (Å²) in [5.41, 5.74) is 7.24. The van der Waals surface area contributed by atoms with Gasteiger partial charge in [0.15, 0.2) is 0 Å². The van der Waals surface area contributed by atoms with E-state index in [1.807, 2.05) is 12.1 Å². The van der Waals surface area contributed by atoms with E-state index in [2.05, 4.69) is 18.7 Å². The summed E-state index contributed by atoms with van der Waals surface area (Å²) in [7, 11) is 0. The van der Waals surface area contributed by atoms with Crippen LogP contribution in [0.5, 0.6) is 5.75 Å². The fourth-order valence-electron chi connectivity index (χ4n) is 3.29. The van der Waals surface area contributed by atoms with E-state index in [0.29, 0.717) is 17.8 Å². The highest BCUT2D eigenvalue weighted by molar-refractivity contribution is 5.25. The van der Waals surface area contributed by atoms with Crippen molar-refractivity contribution in [2.75, 3.05) is 13.1 Å². The van der Waals surface area contributed by atoms with Crippen LogP contribution in [0.3, 0.4) is 0 Å². The number of hydrogen-bond acceptors (Lipinski definition) is 3. The van der Waals surface area contributed by atoms with Crippen LogP contribution in [0.2, 0.25) is 0 Å². The summed E-state index contributed by atoms with van der Waals surface area (Å²) in [6.07, 6.45) is 4.74. The molecule has 0 radical (unpaired) electrons. The first-order chi connectivity index (χ1) is 9.60. The van der Waals surface area contributed by atoms with Gasteiger partial charge in [-0.05, 0) is 62.8 Å². The highest BCUT2D eigenvalue weighted by Crippen LogP contribution is 2.25. The summed E-state index contributed by atoms with van der Waals surface area (Å²) in [6.45, 7) is 6.60. The first kappa shape index (κ1) is 15.3. The molecule has 112 valence electrons. The minimum absolute atomic E-state index is 0.343. The monoisotopic (exact) mass is 276 g/mol. The Hall–Kier alpha value is -1.06. The molecule has 0 aromatic heterocycles. The smallest absolute Gasteiger partial charge is 0.115 e. The molecule has 3 atom stereocenters. The van der Waals surface area contributed by atoms with Gasteiger partial charge in [-0.2, -0.15) is 0 Å². The molecule has 0 spiro atoms. The number of aryl methyl sites for hydroxylation is 1. The average molecular weight is 276 g/mol. The number of phenolic OH excluding ortho intramolecular Hbond substituents is 1. The lowest BCUT2D eigenvalue weighted by Crippen LogP contribution is -2.50. The van der Waals surface area contributed by atoms with Gasteiger partial charge in [-0.15, -0.1) is 0 Å². The Kier molecular flexibility index (Phi) is 5.44. The first-order valence-corrected chi connectivity index (χ1v) is 7.84. The largest absolute Gasteiger partial charge is 0.508 e. The maximum Gasteiger partial charge on any atom is 0.115 e. The number of hydrogen-bond donors (Lipinski definition) is 2. The van der Waals surface area contributed by atoms with Gasteiger partial charge in [0.25, 0.3) is 0 Å². The molecule has 1 aliphatic rings. The molecule has 0 saturated carbocycles. The molecule has 0 aliphatic carbocycles. The molecular formula is C17H28N2O. The lowest BCUT2D eigenvalue weighted by atomic mass is 9.90. The van der Waals surface area contributed by atoms with E-state index in [1.54, 1.807) is 12.1 Å². The third-order valence-corrected chi connectivity index (χ3v) is 4.65. The van der Waals surface area contributed by atoms with E-state index in [0.717, 1.165) is 25.3 Å². The minimum atomic E-state index is 0.343. The highest BCUT2D eigenvalue weighted by atomic mass is 16.3. The molecule has 1 fully saturated rings. The lowest BCUT2D eigenvalue weighted by molar-refractivity contribution is 0.0797. The van der Waals surface area contributed by atoms with Crippen LogP contribution in [0.15, 0.2) is 24.3 Å². The molecule has 3 heteroatoms. The third-order valence-electron chi connectivity index (χ3n) is 4.65. The second-order valence-corrected chi connectivity index (χ2v) is 6.31. The predicted octanol–water partition coefficient (Wildman–Crippen LogP) is 2.77. The molecule has 1 aliphatic heterocycles. The van der Waals surface area contributed by atoms with Gasteiger partial charge < -0.3 is 10.8 Å². The number of nitrogens with two attached hydrogens (primary N) is 1. The van der Waals surface area contributed by atoms with Crippen molar-refractivity contribution in [3.63, 3.8) is 0 Å². The number of aromatic hydroxyl groups is 1. The summed E-state index contributed by atoms with van der Waals surface area (Å²) >= 11 is 0. The van der Waals surface area contributed by atoms with Crippen LogP contribution in [0.25, 0.3) is 0 Å². The zero-order valence-electron chi connectivity index (χ0n) is 12.8. The van der Waals surface area contributed by atoms with Crippen LogP contribution in [0, 0.1) is 5.92 Å². The molecule has 20 heavy (non-hydrogen) atoms. The Balaban J connectivity index is 1.87. The Labute approximate surface area is 122 Å². The second-order valence-electron chi connectivity index (χ2n) is 6.31. The summed E-state index contributed by atoms with van der Waals surface area (Å²) in [5, 5.41) is 9.31. The highest BCUT2D eigenvalue weighted by Gasteiger charge is 2.28. The molecule has 0 bridgehead atoms. The predicted molar refractivity (Wildman–Crippen MR) is 83.8 cm³/mol. The van der Waals surface area contributed by atoms with E-state index >= 15 is 0 Å². The number of likely N-dealkylation sites (tertiary alicyclic amines) is 1. The standard InChI is InChI=1S/C17H28N2O/c1-13-9-10-19(16(11-13)12-18)14(2)3-4-15-5-7-17(20)8-6-15/h5-8,13-14,16,20H,3-4,9-12,18H2,1-2H3. The van der Waals surface area contributed by atoms with E-state index in [4.69, 9.17) is 5.73 Å². The van der Waals surface area contributed by atoms with Crippen LogP contribution >= 0.6 is 0 Å². The van der Waals surface area contributed by atoms with Crippen molar-refractivity contribution < 1.29 is 5.11 Å². The SMILES string of the molecule is CC1CCN(C(C)CCc2ccc(O)cc2)C(CN)C1. The Morgan fingerprint density at radius 1 is 1.35 bits per heavy atom. The molecule has 1 aromatic carbocycles. The first-order valence-electron chi connectivity index (χ1n) is 7.84. The van der Waals surface area contributed by atoms with Gasteiger partial charge in [0.1, 0.15) is 5.75 Å². The van der Waals surface area contributed by atoms with Crippen LogP contribution in [0.4, 0.5) is 0 Å². The van der Waals surface area contributed by atoms with Crippen molar-refractivity contribution in [3.8, 4) is 5.75 Å². The number of nitrogens with zero attached hydrogens (tertiary/aromatic N) is 1. The van der Waals surface area contributed by atoms with Crippen molar-refractivity contribution in [2.24, 2.45) is 11.7 Å². The van der Waals surface area contributed by atoms with Gasteiger partial charge in [0.05, 0.1) is 0 Å². The zero-order valence-corrected chi connectivity index (χ0v) is 12.8.